The fourth-order valence-electron chi connectivity index (χ4n) is 2.00. The van der Waals surface area contributed by atoms with Crippen LogP contribution < -0.4 is 5.32 Å². The number of nitrogens with zero attached hydrogens (tertiary/aromatic N) is 3. The molecule has 1 atom stereocenters. The number of rotatable bonds is 6. The lowest BCUT2D eigenvalue weighted by Crippen LogP contribution is -2.20. The highest BCUT2D eigenvalue weighted by molar-refractivity contribution is 7.99. The molecule has 1 unspecified atom stereocenters. The Kier molecular flexibility index (Phi) is 5.36. The van der Waals surface area contributed by atoms with Crippen molar-refractivity contribution in [2.24, 2.45) is 7.05 Å². The molecule has 1 aromatic heterocycles. The first kappa shape index (κ1) is 16.0. The number of hydrogen-bond donors (Lipinski definition) is 1. The number of benzene rings is 1. The van der Waals surface area contributed by atoms with Crippen molar-refractivity contribution in [2.75, 3.05) is 6.54 Å². The van der Waals surface area contributed by atoms with Gasteiger partial charge in [0.05, 0.1) is 0 Å². The molecule has 1 heterocycles. The molecule has 0 amide bonds. The van der Waals surface area contributed by atoms with Crippen LogP contribution in [0.1, 0.15) is 37.7 Å². The third-order valence-corrected chi connectivity index (χ3v) is 4.52. The molecule has 2 aromatic rings. The molecule has 6 heteroatoms. The summed E-state index contributed by atoms with van der Waals surface area (Å²) in [7, 11) is 1.93. The van der Waals surface area contributed by atoms with Crippen molar-refractivity contribution in [3.8, 4) is 0 Å². The van der Waals surface area contributed by atoms with E-state index in [4.69, 9.17) is 0 Å². The van der Waals surface area contributed by atoms with Gasteiger partial charge in [0, 0.05) is 18.0 Å². The first-order valence-corrected chi connectivity index (χ1v) is 7.91. The minimum Gasteiger partial charge on any atom is -0.310 e. The zero-order valence-electron chi connectivity index (χ0n) is 12.9. The zero-order chi connectivity index (χ0) is 15.4. The summed E-state index contributed by atoms with van der Waals surface area (Å²) < 4.78 is 15.5. The van der Waals surface area contributed by atoms with Crippen molar-refractivity contribution in [1.29, 1.82) is 0 Å². The van der Waals surface area contributed by atoms with Crippen LogP contribution in [0.15, 0.2) is 28.3 Å². The maximum Gasteiger partial charge on any atom is 0.195 e. The van der Waals surface area contributed by atoms with Crippen LogP contribution in [0.3, 0.4) is 0 Å². The van der Waals surface area contributed by atoms with Crippen molar-refractivity contribution in [3.63, 3.8) is 0 Å². The second-order valence-corrected chi connectivity index (χ2v) is 6.06. The van der Waals surface area contributed by atoms with E-state index in [0.29, 0.717) is 0 Å². The van der Waals surface area contributed by atoms with Crippen LogP contribution in [-0.2, 0) is 7.05 Å². The Balaban J connectivity index is 2.28. The summed E-state index contributed by atoms with van der Waals surface area (Å²) in [5.74, 6) is 0.645. The van der Waals surface area contributed by atoms with E-state index in [1.165, 1.54) is 17.8 Å². The molecular weight excluding hydrogens is 287 g/mol. The van der Waals surface area contributed by atoms with Crippen molar-refractivity contribution in [1.82, 2.24) is 20.1 Å². The fraction of sp³-hybridized carbons (Fsp3) is 0.467. The van der Waals surface area contributed by atoms with Crippen molar-refractivity contribution in [3.05, 3.63) is 35.4 Å². The van der Waals surface area contributed by atoms with Gasteiger partial charge in [-0.05, 0) is 62.3 Å². The molecule has 4 nitrogen and oxygen atoms in total. The number of hydrogen-bond acceptors (Lipinski definition) is 4. The first-order valence-electron chi connectivity index (χ1n) is 7.09. The predicted octanol–water partition coefficient (Wildman–Crippen LogP) is 3.47. The van der Waals surface area contributed by atoms with Crippen molar-refractivity contribution >= 4 is 11.8 Å². The smallest absolute Gasteiger partial charge is 0.195 e. The van der Waals surface area contributed by atoms with Crippen LogP contribution in [0.25, 0.3) is 0 Å². The SMILES string of the molecule is CCCNC(C)c1cc(F)ccc1Sc1nnc(C)n1C. The summed E-state index contributed by atoms with van der Waals surface area (Å²) >= 11 is 1.51. The van der Waals surface area contributed by atoms with Gasteiger partial charge in [-0.3, -0.25) is 0 Å². The van der Waals surface area contributed by atoms with Gasteiger partial charge >= 0.3 is 0 Å². The maximum absolute atomic E-state index is 13.6. The molecule has 1 N–H and O–H groups in total. The largest absolute Gasteiger partial charge is 0.310 e. The van der Waals surface area contributed by atoms with Crippen LogP contribution in [0.2, 0.25) is 0 Å². The van der Waals surface area contributed by atoms with Gasteiger partial charge in [-0.15, -0.1) is 10.2 Å². The monoisotopic (exact) mass is 308 g/mol. The molecule has 0 saturated carbocycles. The standard InChI is InChI=1S/C15H21FN4S/c1-5-8-17-10(2)13-9-12(16)6-7-14(13)21-15-19-18-11(3)20(15)4/h6-7,9-10,17H,5,8H2,1-4H3. The van der Waals surface area contributed by atoms with Crippen molar-refractivity contribution < 1.29 is 4.39 Å². The Labute approximate surface area is 129 Å². The third kappa shape index (κ3) is 3.83. The lowest BCUT2D eigenvalue weighted by Gasteiger charge is -2.17. The molecule has 0 fully saturated rings. The molecule has 0 spiro atoms. The minimum atomic E-state index is -0.214. The zero-order valence-corrected chi connectivity index (χ0v) is 13.7. The summed E-state index contributed by atoms with van der Waals surface area (Å²) in [6.07, 6.45) is 1.05. The van der Waals surface area contributed by atoms with Gasteiger partial charge in [0.2, 0.25) is 0 Å². The molecule has 21 heavy (non-hydrogen) atoms. The Morgan fingerprint density at radius 1 is 1.38 bits per heavy atom. The summed E-state index contributed by atoms with van der Waals surface area (Å²) in [6.45, 7) is 6.98. The second-order valence-electron chi connectivity index (χ2n) is 5.05. The van der Waals surface area contributed by atoms with E-state index >= 15 is 0 Å². The lowest BCUT2D eigenvalue weighted by molar-refractivity contribution is 0.554. The van der Waals surface area contributed by atoms with E-state index < -0.39 is 0 Å². The van der Waals surface area contributed by atoms with E-state index in [1.807, 2.05) is 24.6 Å². The number of aryl methyl sites for hydroxylation is 1. The first-order chi connectivity index (χ1) is 10.0. The molecule has 0 radical (unpaired) electrons. The molecular formula is C15H21FN4S. The van der Waals surface area contributed by atoms with E-state index in [-0.39, 0.29) is 11.9 Å². The Bertz CT molecular complexity index is 612. The highest BCUT2D eigenvalue weighted by Crippen LogP contribution is 2.32. The average molecular weight is 308 g/mol. The normalized spacial score (nSPS) is 12.6. The summed E-state index contributed by atoms with van der Waals surface area (Å²) in [6, 6.07) is 4.99. The Morgan fingerprint density at radius 2 is 2.14 bits per heavy atom. The van der Waals surface area contributed by atoms with E-state index in [1.54, 1.807) is 6.07 Å². The number of nitrogens with one attached hydrogen (secondary N) is 1. The number of aromatic nitrogens is 3. The minimum absolute atomic E-state index is 0.0949. The van der Waals surface area contributed by atoms with Gasteiger partial charge in [-0.1, -0.05) is 6.92 Å². The fourth-order valence-corrected chi connectivity index (χ4v) is 3.03. The Morgan fingerprint density at radius 3 is 2.76 bits per heavy atom. The molecule has 0 saturated heterocycles. The van der Waals surface area contributed by atoms with Crippen LogP contribution in [0, 0.1) is 12.7 Å². The van der Waals surface area contributed by atoms with E-state index in [0.717, 1.165) is 34.4 Å². The highest BCUT2D eigenvalue weighted by atomic mass is 32.2. The van der Waals surface area contributed by atoms with Gasteiger partial charge in [0.15, 0.2) is 5.16 Å². The van der Waals surface area contributed by atoms with Crippen molar-refractivity contribution in [2.45, 2.75) is 43.3 Å². The molecule has 2 rings (SSSR count). The predicted molar refractivity (Wildman–Crippen MR) is 83.0 cm³/mol. The van der Waals surface area contributed by atoms with Gasteiger partial charge in [0.25, 0.3) is 0 Å². The molecule has 0 bridgehead atoms. The van der Waals surface area contributed by atoms with Crippen LogP contribution in [0.5, 0.6) is 0 Å². The quantitative estimate of drug-likeness (QED) is 0.887. The summed E-state index contributed by atoms with van der Waals surface area (Å²) in [5, 5.41) is 12.4. The molecule has 114 valence electrons. The van der Waals surface area contributed by atoms with E-state index in [2.05, 4.69) is 29.4 Å². The Hall–Kier alpha value is -1.40. The van der Waals surface area contributed by atoms with Gasteiger partial charge in [0.1, 0.15) is 11.6 Å². The van der Waals surface area contributed by atoms with Gasteiger partial charge < -0.3 is 9.88 Å². The average Bonchev–Trinajstić information content (AvgIpc) is 2.78. The van der Waals surface area contributed by atoms with Crippen LogP contribution in [-0.4, -0.2) is 21.3 Å². The van der Waals surface area contributed by atoms with E-state index in [9.17, 15) is 4.39 Å². The molecule has 0 aliphatic heterocycles. The van der Waals surface area contributed by atoms with Gasteiger partial charge in [-0.25, -0.2) is 4.39 Å². The van der Waals surface area contributed by atoms with Crippen LogP contribution >= 0.6 is 11.8 Å². The van der Waals surface area contributed by atoms with Crippen LogP contribution in [0.4, 0.5) is 4.39 Å². The third-order valence-electron chi connectivity index (χ3n) is 3.39. The summed E-state index contributed by atoms with van der Waals surface area (Å²) in [5.41, 5.74) is 0.953. The maximum atomic E-state index is 13.6. The molecule has 0 aliphatic rings. The summed E-state index contributed by atoms with van der Waals surface area (Å²) in [4.78, 5) is 1.00. The molecule has 0 aliphatic carbocycles. The molecule has 1 aromatic carbocycles. The van der Waals surface area contributed by atoms with Gasteiger partial charge in [-0.2, -0.15) is 0 Å². The highest BCUT2D eigenvalue weighted by Gasteiger charge is 2.15. The lowest BCUT2D eigenvalue weighted by atomic mass is 10.1. The number of halogens is 1. The topological polar surface area (TPSA) is 42.7 Å². The second kappa shape index (κ2) is 7.04.